The number of carbonyl (C=O) groups excluding carboxylic acids is 3. The summed E-state index contributed by atoms with van der Waals surface area (Å²) in [7, 11) is 0. The second-order valence-corrected chi connectivity index (χ2v) is 5.05. The first-order valence-corrected chi connectivity index (χ1v) is 7.46. The van der Waals surface area contributed by atoms with Crippen molar-refractivity contribution < 1.29 is 19.1 Å². The molecule has 2 amide bonds. The number of amides is 2. The topological polar surface area (TPSA) is 75.7 Å². The molecule has 1 N–H and O–H groups in total. The molecule has 1 aliphatic rings. The zero-order valence-corrected chi connectivity index (χ0v) is 12.6. The van der Waals surface area contributed by atoms with Crippen molar-refractivity contribution in [3.05, 3.63) is 24.3 Å². The van der Waals surface area contributed by atoms with E-state index in [4.69, 9.17) is 4.74 Å². The van der Waals surface area contributed by atoms with Crippen molar-refractivity contribution in [1.82, 2.24) is 0 Å². The third-order valence-electron chi connectivity index (χ3n) is 3.40. The Morgan fingerprint density at radius 3 is 2.55 bits per heavy atom. The fourth-order valence-corrected chi connectivity index (χ4v) is 2.32. The highest BCUT2D eigenvalue weighted by Gasteiger charge is 2.21. The SMILES string of the molecule is CCOC(=O)CCC(=O)Nc1ccc(N2CCCC2=O)cc1. The van der Waals surface area contributed by atoms with Gasteiger partial charge in [0.2, 0.25) is 11.8 Å². The fraction of sp³-hybridized carbons (Fsp3) is 0.438. The molecule has 0 bridgehead atoms. The highest BCUT2D eigenvalue weighted by molar-refractivity contribution is 5.96. The fourth-order valence-electron chi connectivity index (χ4n) is 2.32. The summed E-state index contributed by atoms with van der Waals surface area (Å²) in [6.07, 6.45) is 1.63. The molecule has 1 aliphatic heterocycles. The highest BCUT2D eigenvalue weighted by atomic mass is 16.5. The van der Waals surface area contributed by atoms with Crippen molar-refractivity contribution in [1.29, 1.82) is 0 Å². The number of esters is 1. The Balaban J connectivity index is 1.84. The summed E-state index contributed by atoms with van der Waals surface area (Å²) in [5, 5.41) is 2.72. The maximum atomic E-state index is 11.7. The molecule has 0 aromatic heterocycles. The van der Waals surface area contributed by atoms with E-state index in [0.29, 0.717) is 18.7 Å². The van der Waals surface area contributed by atoms with Crippen LogP contribution in [0.15, 0.2) is 24.3 Å². The number of carbonyl (C=O) groups is 3. The van der Waals surface area contributed by atoms with Crippen molar-refractivity contribution in [2.75, 3.05) is 23.4 Å². The number of ether oxygens (including phenoxy) is 1. The Bertz CT molecular complexity index is 554. The molecule has 6 nitrogen and oxygen atoms in total. The minimum Gasteiger partial charge on any atom is -0.466 e. The maximum absolute atomic E-state index is 11.7. The lowest BCUT2D eigenvalue weighted by Crippen LogP contribution is -2.23. The Hall–Kier alpha value is -2.37. The largest absolute Gasteiger partial charge is 0.466 e. The number of nitrogens with zero attached hydrogens (tertiary/aromatic N) is 1. The minimum absolute atomic E-state index is 0.0695. The third kappa shape index (κ3) is 4.31. The second kappa shape index (κ2) is 7.59. The van der Waals surface area contributed by atoms with Crippen LogP contribution in [0.2, 0.25) is 0 Å². The molecule has 1 heterocycles. The Labute approximate surface area is 129 Å². The van der Waals surface area contributed by atoms with E-state index >= 15 is 0 Å². The second-order valence-electron chi connectivity index (χ2n) is 5.05. The molecule has 0 unspecified atom stereocenters. The van der Waals surface area contributed by atoms with Crippen LogP contribution >= 0.6 is 0 Å². The van der Waals surface area contributed by atoms with Crippen LogP contribution < -0.4 is 10.2 Å². The van der Waals surface area contributed by atoms with Gasteiger partial charge in [-0.1, -0.05) is 0 Å². The van der Waals surface area contributed by atoms with Gasteiger partial charge in [0.1, 0.15) is 0 Å². The summed E-state index contributed by atoms with van der Waals surface area (Å²) in [4.78, 5) is 36.3. The summed E-state index contributed by atoms with van der Waals surface area (Å²) in [5.74, 6) is -0.482. The zero-order valence-electron chi connectivity index (χ0n) is 12.6. The first kappa shape index (κ1) is 16.0. The molecule has 2 rings (SSSR count). The molecule has 6 heteroatoms. The number of rotatable bonds is 6. The van der Waals surface area contributed by atoms with Crippen molar-refractivity contribution in [2.45, 2.75) is 32.6 Å². The third-order valence-corrected chi connectivity index (χ3v) is 3.40. The summed E-state index contributed by atoms with van der Waals surface area (Å²) in [6.45, 7) is 2.78. The lowest BCUT2D eigenvalue weighted by molar-refractivity contribution is -0.144. The van der Waals surface area contributed by atoms with E-state index in [2.05, 4.69) is 5.32 Å². The molecule has 1 aromatic rings. The van der Waals surface area contributed by atoms with E-state index in [1.807, 2.05) is 12.1 Å². The van der Waals surface area contributed by atoms with Gasteiger partial charge in [-0.3, -0.25) is 14.4 Å². The first-order chi connectivity index (χ1) is 10.6. The summed E-state index contributed by atoms with van der Waals surface area (Å²) < 4.78 is 4.77. The molecule has 0 aliphatic carbocycles. The van der Waals surface area contributed by atoms with Crippen LogP contribution in [0.3, 0.4) is 0 Å². The van der Waals surface area contributed by atoms with E-state index in [9.17, 15) is 14.4 Å². The number of anilines is 2. The van der Waals surface area contributed by atoms with Gasteiger partial charge < -0.3 is 15.0 Å². The molecular weight excluding hydrogens is 284 g/mol. The lowest BCUT2D eigenvalue weighted by Gasteiger charge is -2.16. The molecule has 1 aromatic carbocycles. The van der Waals surface area contributed by atoms with Gasteiger partial charge >= 0.3 is 5.97 Å². The average Bonchev–Trinajstić information content (AvgIpc) is 2.92. The maximum Gasteiger partial charge on any atom is 0.306 e. The van der Waals surface area contributed by atoms with Crippen molar-refractivity contribution in [3.8, 4) is 0 Å². The van der Waals surface area contributed by atoms with Crippen LogP contribution in [0, 0.1) is 0 Å². The van der Waals surface area contributed by atoms with Crippen LogP contribution in [-0.2, 0) is 19.1 Å². The van der Waals surface area contributed by atoms with Gasteiger partial charge in [0.15, 0.2) is 0 Å². The first-order valence-electron chi connectivity index (χ1n) is 7.46. The Morgan fingerprint density at radius 2 is 1.95 bits per heavy atom. The van der Waals surface area contributed by atoms with Crippen LogP contribution in [0.4, 0.5) is 11.4 Å². The van der Waals surface area contributed by atoms with Gasteiger partial charge in [-0.25, -0.2) is 0 Å². The number of benzene rings is 1. The monoisotopic (exact) mass is 304 g/mol. The molecule has 0 radical (unpaired) electrons. The van der Waals surface area contributed by atoms with Crippen LogP contribution in [-0.4, -0.2) is 30.9 Å². The van der Waals surface area contributed by atoms with Gasteiger partial charge in [-0.05, 0) is 37.6 Å². The molecule has 0 spiro atoms. The molecule has 0 saturated carbocycles. The predicted molar refractivity (Wildman–Crippen MR) is 82.5 cm³/mol. The molecule has 1 saturated heterocycles. The van der Waals surface area contributed by atoms with Crippen molar-refractivity contribution in [3.63, 3.8) is 0 Å². The van der Waals surface area contributed by atoms with Crippen LogP contribution in [0.1, 0.15) is 32.6 Å². The minimum atomic E-state index is -0.374. The number of hydrogen-bond acceptors (Lipinski definition) is 4. The summed E-state index contributed by atoms with van der Waals surface area (Å²) in [5.41, 5.74) is 1.48. The van der Waals surface area contributed by atoms with Crippen molar-refractivity contribution in [2.24, 2.45) is 0 Å². The van der Waals surface area contributed by atoms with E-state index in [1.54, 1.807) is 24.0 Å². The highest BCUT2D eigenvalue weighted by Crippen LogP contribution is 2.23. The molecule has 22 heavy (non-hydrogen) atoms. The average molecular weight is 304 g/mol. The van der Waals surface area contributed by atoms with E-state index in [-0.39, 0.29) is 30.6 Å². The van der Waals surface area contributed by atoms with Gasteiger partial charge in [0.05, 0.1) is 13.0 Å². The molecule has 118 valence electrons. The van der Waals surface area contributed by atoms with E-state index < -0.39 is 0 Å². The van der Waals surface area contributed by atoms with Gasteiger partial charge in [0.25, 0.3) is 0 Å². The van der Waals surface area contributed by atoms with Crippen LogP contribution in [0.25, 0.3) is 0 Å². The smallest absolute Gasteiger partial charge is 0.306 e. The molecular formula is C16H20N2O4. The van der Waals surface area contributed by atoms with Crippen molar-refractivity contribution >= 4 is 29.2 Å². The quantitative estimate of drug-likeness (QED) is 0.817. The van der Waals surface area contributed by atoms with E-state index in [1.165, 1.54) is 0 Å². The molecule has 0 atom stereocenters. The Kier molecular flexibility index (Phi) is 5.52. The number of hydrogen-bond donors (Lipinski definition) is 1. The summed E-state index contributed by atoms with van der Waals surface area (Å²) in [6, 6.07) is 7.13. The van der Waals surface area contributed by atoms with E-state index in [0.717, 1.165) is 18.7 Å². The Morgan fingerprint density at radius 1 is 1.23 bits per heavy atom. The zero-order chi connectivity index (χ0) is 15.9. The number of nitrogens with one attached hydrogen (secondary N) is 1. The standard InChI is InChI=1S/C16H20N2O4/c1-2-22-16(21)10-9-14(19)17-12-5-7-13(8-6-12)18-11-3-4-15(18)20/h5-8H,2-4,9-11H2,1H3,(H,17,19). The van der Waals surface area contributed by atoms with Gasteiger partial charge in [-0.15, -0.1) is 0 Å². The summed E-state index contributed by atoms with van der Waals surface area (Å²) >= 11 is 0. The predicted octanol–water partition coefficient (Wildman–Crippen LogP) is 2.10. The van der Waals surface area contributed by atoms with Gasteiger partial charge in [-0.2, -0.15) is 0 Å². The normalized spacial score (nSPS) is 14.0. The van der Waals surface area contributed by atoms with Gasteiger partial charge in [0, 0.05) is 30.8 Å². The van der Waals surface area contributed by atoms with Crippen LogP contribution in [0.5, 0.6) is 0 Å². The molecule has 1 fully saturated rings. The lowest BCUT2D eigenvalue weighted by atomic mass is 10.2.